The molecule has 0 radical (unpaired) electrons. The van der Waals surface area contributed by atoms with Crippen LogP contribution in [0.2, 0.25) is 0 Å². The summed E-state index contributed by atoms with van der Waals surface area (Å²) in [5.74, 6) is -1.59. The normalized spacial score (nSPS) is 11.2. The van der Waals surface area contributed by atoms with Gasteiger partial charge in [-0.25, -0.2) is 0 Å². The van der Waals surface area contributed by atoms with E-state index in [0.29, 0.717) is 28.8 Å². The first-order chi connectivity index (χ1) is 16.2. The number of methoxy groups -OCH3 is 1. The van der Waals surface area contributed by atoms with Crippen molar-refractivity contribution in [2.45, 2.75) is 26.1 Å². The summed E-state index contributed by atoms with van der Waals surface area (Å²) < 4.78 is 46.1. The fraction of sp³-hybridized carbons (Fsp3) is 0.231. The Morgan fingerprint density at radius 1 is 0.941 bits per heavy atom. The average Bonchev–Trinajstić information content (AvgIpc) is 2.81. The highest BCUT2D eigenvalue weighted by Crippen LogP contribution is 2.41. The van der Waals surface area contributed by atoms with Gasteiger partial charge in [-0.1, -0.05) is 42.5 Å². The van der Waals surface area contributed by atoms with Crippen molar-refractivity contribution in [3.8, 4) is 16.9 Å². The van der Waals surface area contributed by atoms with Crippen LogP contribution in [0.25, 0.3) is 11.1 Å². The molecule has 0 aliphatic carbocycles. The Bertz CT molecular complexity index is 1180. The van der Waals surface area contributed by atoms with Crippen LogP contribution in [0.1, 0.15) is 34.0 Å². The van der Waals surface area contributed by atoms with Crippen molar-refractivity contribution in [1.82, 2.24) is 4.90 Å². The van der Waals surface area contributed by atoms with E-state index in [1.54, 1.807) is 53.4 Å². The van der Waals surface area contributed by atoms with Crippen LogP contribution in [0.5, 0.6) is 5.75 Å². The van der Waals surface area contributed by atoms with E-state index < -0.39 is 24.1 Å². The fourth-order valence-corrected chi connectivity index (χ4v) is 3.79. The molecule has 0 heterocycles. The number of carboxylic acid groups (broad SMARTS) is 1. The molecule has 0 spiro atoms. The molecule has 8 heteroatoms. The van der Waals surface area contributed by atoms with Gasteiger partial charge in [-0.15, -0.1) is 0 Å². The first-order valence-electron chi connectivity index (χ1n) is 10.6. The Morgan fingerprint density at radius 3 is 2.18 bits per heavy atom. The Balaban J connectivity index is 2.09. The topological polar surface area (TPSA) is 66.8 Å². The van der Waals surface area contributed by atoms with Gasteiger partial charge in [0.25, 0.3) is 5.91 Å². The van der Waals surface area contributed by atoms with Gasteiger partial charge in [-0.05, 0) is 47.9 Å². The van der Waals surface area contributed by atoms with Gasteiger partial charge in [0.15, 0.2) is 0 Å². The zero-order chi connectivity index (χ0) is 24.9. The number of carboxylic acids is 1. The Labute approximate surface area is 195 Å². The molecule has 0 saturated carbocycles. The second-order valence-corrected chi connectivity index (χ2v) is 7.62. The molecule has 0 bridgehead atoms. The molecule has 0 unspecified atom stereocenters. The van der Waals surface area contributed by atoms with Gasteiger partial charge < -0.3 is 14.7 Å². The molecule has 3 aromatic rings. The van der Waals surface area contributed by atoms with Crippen molar-refractivity contribution in [1.29, 1.82) is 0 Å². The number of alkyl halides is 3. The van der Waals surface area contributed by atoms with Gasteiger partial charge in [-0.3, -0.25) is 9.59 Å². The molecule has 0 atom stereocenters. The number of nitrogens with zero attached hydrogens (tertiary/aromatic N) is 1. The van der Waals surface area contributed by atoms with Crippen molar-refractivity contribution in [3.05, 3.63) is 89.0 Å². The van der Waals surface area contributed by atoms with E-state index >= 15 is 0 Å². The number of ether oxygens (including phenoxy) is 1. The molecule has 0 aliphatic heterocycles. The number of aliphatic carboxylic acids is 1. The lowest BCUT2D eigenvalue weighted by atomic mass is 9.93. The largest absolute Gasteiger partial charge is 0.496 e. The van der Waals surface area contributed by atoms with E-state index in [1.807, 2.05) is 13.0 Å². The second-order valence-electron chi connectivity index (χ2n) is 7.62. The maximum atomic E-state index is 13.6. The molecule has 0 aliphatic rings. The molecule has 0 saturated heterocycles. The lowest BCUT2D eigenvalue weighted by Gasteiger charge is -2.24. The van der Waals surface area contributed by atoms with Gasteiger partial charge in [0.1, 0.15) is 5.75 Å². The van der Waals surface area contributed by atoms with Crippen LogP contribution in [0.4, 0.5) is 13.2 Å². The minimum Gasteiger partial charge on any atom is -0.496 e. The number of halogens is 3. The van der Waals surface area contributed by atoms with Gasteiger partial charge in [0.2, 0.25) is 0 Å². The zero-order valence-corrected chi connectivity index (χ0v) is 18.7. The summed E-state index contributed by atoms with van der Waals surface area (Å²) in [6.07, 6.45) is -5.53. The van der Waals surface area contributed by atoms with E-state index in [0.717, 1.165) is 6.07 Å². The summed E-state index contributed by atoms with van der Waals surface area (Å²) in [4.78, 5) is 25.9. The third kappa shape index (κ3) is 5.57. The number of carbonyl (C=O) groups is 2. The highest BCUT2D eigenvalue weighted by Gasteiger charge is 2.35. The Morgan fingerprint density at radius 2 is 1.59 bits per heavy atom. The molecule has 3 aromatic carbocycles. The third-order valence-corrected chi connectivity index (χ3v) is 5.43. The fourth-order valence-electron chi connectivity index (χ4n) is 3.79. The number of amides is 1. The van der Waals surface area contributed by atoms with E-state index in [4.69, 9.17) is 4.74 Å². The van der Waals surface area contributed by atoms with Crippen LogP contribution in [0.15, 0.2) is 66.7 Å². The quantitative estimate of drug-likeness (QED) is 0.460. The maximum absolute atomic E-state index is 13.6. The molecular weight excluding hydrogens is 447 g/mol. The van der Waals surface area contributed by atoms with Gasteiger partial charge in [0, 0.05) is 24.2 Å². The number of rotatable bonds is 8. The van der Waals surface area contributed by atoms with Crippen LogP contribution < -0.4 is 4.74 Å². The monoisotopic (exact) mass is 471 g/mol. The maximum Gasteiger partial charge on any atom is 0.416 e. The smallest absolute Gasteiger partial charge is 0.416 e. The highest BCUT2D eigenvalue weighted by atomic mass is 19.4. The minimum absolute atomic E-state index is 0.0358. The molecule has 1 N–H and O–H groups in total. The second kappa shape index (κ2) is 10.4. The van der Waals surface area contributed by atoms with E-state index in [9.17, 15) is 27.9 Å². The van der Waals surface area contributed by atoms with Gasteiger partial charge in [0.05, 0.1) is 19.1 Å². The van der Waals surface area contributed by atoms with E-state index in [2.05, 4.69) is 0 Å². The predicted octanol–water partition coefficient (Wildman–Crippen LogP) is 5.67. The minimum atomic E-state index is -4.74. The van der Waals surface area contributed by atoms with Crippen LogP contribution in [-0.4, -0.2) is 35.5 Å². The summed E-state index contributed by atoms with van der Waals surface area (Å²) in [5, 5.41) is 9.18. The van der Waals surface area contributed by atoms with Gasteiger partial charge in [-0.2, -0.15) is 13.2 Å². The summed E-state index contributed by atoms with van der Waals surface area (Å²) in [6.45, 7) is 2.46. The summed E-state index contributed by atoms with van der Waals surface area (Å²) in [6, 6.07) is 17.8. The molecule has 1 amide bonds. The highest BCUT2D eigenvalue weighted by molar-refractivity contribution is 5.94. The first kappa shape index (κ1) is 24.8. The molecule has 178 valence electrons. The van der Waals surface area contributed by atoms with Crippen molar-refractivity contribution >= 4 is 11.9 Å². The lowest BCUT2D eigenvalue weighted by molar-refractivity contribution is -0.139. The number of carbonyl (C=O) groups excluding carboxylic acids is 1. The summed E-state index contributed by atoms with van der Waals surface area (Å²) in [5.41, 5.74) is 0.677. The van der Waals surface area contributed by atoms with Crippen LogP contribution in [-0.2, 0) is 23.9 Å². The summed E-state index contributed by atoms with van der Waals surface area (Å²) in [7, 11) is 1.26. The molecule has 0 fully saturated rings. The Hall–Kier alpha value is -3.81. The first-order valence-corrected chi connectivity index (χ1v) is 10.6. The average molecular weight is 471 g/mol. The van der Waals surface area contributed by atoms with Crippen LogP contribution in [0.3, 0.4) is 0 Å². The lowest BCUT2D eigenvalue weighted by Crippen LogP contribution is -2.30. The summed E-state index contributed by atoms with van der Waals surface area (Å²) >= 11 is 0. The Kier molecular flexibility index (Phi) is 7.61. The van der Waals surface area contributed by atoms with Crippen LogP contribution >= 0.6 is 0 Å². The van der Waals surface area contributed by atoms with Crippen LogP contribution in [0, 0.1) is 0 Å². The molecule has 0 aromatic heterocycles. The van der Waals surface area contributed by atoms with E-state index in [-0.39, 0.29) is 23.8 Å². The van der Waals surface area contributed by atoms with Crippen molar-refractivity contribution in [2.24, 2.45) is 0 Å². The molecule has 3 rings (SSSR count). The standard InChI is InChI=1S/C26H24F3NO4/c1-3-30(25(33)17-9-5-4-6-10-17)16-18-11-7-8-12-20(18)21-13-19(14-24(31)32)22(26(27,28)29)15-23(21)34-2/h4-13,15H,3,14,16H2,1-2H3,(H,31,32). The number of benzene rings is 3. The SMILES string of the molecule is CCN(Cc1ccccc1-c1cc(CC(=O)O)c(C(F)(F)F)cc1OC)C(=O)c1ccccc1. The third-order valence-electron chi connectivity index (χ3n) is 5.43. The molecule has 34 heavy (non-hydrogen) atoms. The number of hydrogen-bond donors (Lipinski definition) is 1. The number of hydrogen-bond acceptors (Lipinski definition) is 3. The molecular formula is C26H24F3NO4. The van der Waals surface area contributed by atoms with Crippen molar-refractivity contribution in [2.75, 3.05) is 13.7 Å². The van der Waals surface area contributed by atoms with Crippen molar-refractivity contribution < 1.29 is 32.6 Å². The van der Waals surface area contributed by atoms with Crippen molar-refractivity contribution in [3.63, 3.8) is 0 Å². The van der Waals surface area contributed by atoms with E-state index in [1.165, 1.54) is 13.2 Å². The molecule has 5 nitrogen and oxygen atoms in total. The predicted molar refractivity (Wildman–Crippen MR) is 122 cm³/mol. The van der Waals surface area contributed by atoms with Gasteiger partial charge >= 0.3 is 12.1 Å². The zero-order valence-electron chi connectivity index (χ0n) is 18.7.